The molecule has 1 rings (SSSR count). The topological polar surface area (TPSA) is 53.4 Å². The summed E-state index contributed by atoms with van der Waals surface area (Å²) in [4.78, 5) is 17.0. The van der Waals surface area contributed by atoms with Crippen LogP contribution in [0.25, 0.3) is 0 Å². The molecule has 0 fully saturated rings. The summed E-state index contributed by atoms with van der Waals surface area (Å²) in [6.45, 7) is 8.19. The van der Waals surface area contributed by atoms with Gasteiger partial charge in [-0.15, -0.1) is 11.3 Å². The highest BCUT2D eigenvalue weighted by Gasteiger charge is 2.14. The van der Waals surface area contributed by atoms with Gasteiger partial charge in [0.2, 0.25) is 0 Å². The monoisotopic (exact) mass is 242 g/mol. The van der Waals surface area contributed by atoms with Crippen molar-refractivity contribution in [3.8, 4) is 0 Å². The van der Waals surface area contributed by atoms with Crippen molar-refractivity contribution in [2.24, 2.45) is 5.92 Å². The third-order valence-electron chi connectivity index (χ3n) is 2.59. The molecule has 4 nitrogen and oxygen atoms in total. The Morgan fingerprint density at radius 3 is 2.75 bits per heavy atom. The lowest BCUT2D eigenvalue weighted by Gasteiger charge is -2.23. The summed E-state index contributed by atoms with van der Waals surface area (Å²) in [5.41, 5.74) is 0.141. The SMILES string of the molecule is CCC(C)CN(CC)c1nc(C(=O)O)cs1. The van der Waals surface area contributed by atoms with Gasteiger partial charge in [-0.25, -0.2) is 9.78 Å². The van der Waals surface area contributed by atoms with E-state index in [0.29, 0.717) is 5.92 Å². The quantitative estimate of drug-likeness (QED) is 0.833. The van der Waals surface area contributed by atoms with E-state index in [4.69, 9.17) is 5.11 Å². The predicted octanol–water partition coefficient (Wildman–Crippen LogP) is 2.71. The maximum atomic E-state index is 10.7. The summed E-state index contributed by atoms with van der Waals surface area (Å²) in [6.07, 6.45) is 1.12. The Balaban J connectivity index is 2.74. The van der Waals surface area contributed by atoms with Gasteiger partial charge in [0.05, 0.1) is 0 Å². The van der Waals surface area contributed by atoms with E-state index in [1.165, 1.54) is 11.3 Å². The largest absolute Gasteiger partial charge is 0.476 e. The third kappa shape index (κ3) is 3.20. The first-order valence-electron chi connectivity index (χ1n) is 5.52. The molecule has 0 bridgehead atoms. The van der Waals surface area contributed by atoms with Crippen LogP contribution in [-0.4, -0.2) is 29.1 Å². The highest BCUT2D eigenvalue weighted by molar-refractivity contribution is 7.13. The molecule has 1 N–H and O–H groups in total. The summed E-state index contributed by atoms with van der Waals surface area (Å²) < 4.78 is 0. The van der Waals surface area contributed by atoms with Crippen LogP contribution in [0.5, 0.6) is 0 Å². The van der Waals surface area contributed by atoms with E-state index in [2.05, 4.69) is 30.7 Å². The molecular formula is C11H18N2O2S. The van der Waals surface area contributed by atoms with E-state index in [1.807, 2.05) is 0 Å². The van der Waals surface area contributed by atoms with Gasteiger partial charge in [-0.05, 0) is 12.8 Å². The molecule has 0 spiro atoms. The Labute approximate surface area is 99.9 Å². The number of nitrogens with zero attached hydrogens (tertiary/aromatic N) is 2. The average Bonchev–Trinajstić information content (AvgIpc) is 2.74. The van der Waals surface area contributed by atoms with Crippen LogP contribution in [-0.2, 0) is 0 Å². The Hall–Kier alpha value is -1.10. The third-order valence-corrected chi connectivity index (χ3v) is 3.49. The molecule has 1 unspecified atom stereocenters. The van der Waals surface area contributed by atoms with Gasteiger partial charge < -0.3 is 10.0 Å². The maximum absolute atomic E-state index is 10.7. The fourth-order valence-corrected chi connectivity index (χ4v) is 2.23. The zero-order chi connectivity index (χ0) is 12.1. The van der Waals surface area contributed by atoms with Crippen LogP contribution in [0.1, 0.15) is 37.7 Å². The van der Waals surface area contributed by atoms with Gasteiger partial charge in [0.15, 0.2) is 10.8 Å². The second kappa shape index (κ2) is 5.84. The minimum Gasteiger partial charge on any atom is -0.476 e. The smallest absolute Gasteiger partial charge is 0.355 e. The lowest BCUT2D eigenvalue weighted by Crippen LogP contribution is -2.28. The van der Waals surface area contributed by atoms with Crippen LogP contribution in [0, 0.1) is 5.92 Å². The van der Waals surface area contributed by atoms with Crippen LogP contribution in [0.2, 0.25) is 0 Å². The standard InChI is InChI=1S/C11H18N2O2S/c1-4-8(3)6-13(5-2)11-12-9(7-16-11)10(14)15/h7-8H,4-6H2,1-3H3,(H,14,15). The highest BCUT2D eigenvalue weighted by Crippen LogP contribution is 2.21. The van der Waals surface area contributed by atoms with Crippen molar-refractivity contribution in [1.82, 2.24) is 4.98 Å². The second-order valence-corrected chi connectivity index (χ2v) is 4.71. The summed E-state index contributed by atoms with van der Waals surface area (Å²) in [7, 11) is 0. The number of anilines is 1. The van der Waals surface area contributed by atoms with Crippen LogP contribution in [0.4, 0.5) is 5.13 Å². The molecule has 1 aromatic rings. The first-order chi connectivity index (χ1) is 7.58. The number of carbonyl (C=O) groups is 1. The van der Waals surface area contributed by atoms with E-state index < -0.39 is 5.97 Å². The molecule has 0 amide bonds. The van der Waals surface area contributed by atoms with Crippen molar-refractivity contribution < 1.29 is 9.90 Å². The molecule has 0 aliphatic heterocycles. The number of aromatic carboxylic acids is 1. The molecule has 1 atom stereocenters. The number of rotatable bonds is 6. The summed E-state index contributed by atoms with van der Waals surface area (Å²) in [6, 6.07) is 0. The average molecular weight is 242 g/mol. The lowest BCUT2D eigenvalue weighted by atomic mass is 10.1. The molecule has 0 aliphatic carbocycles. The fraction of sp³-hybridized carbons (Fsp3) is 0.636. The van der Waals surface area contributed by atoms with Crippen molar-refractivity contribution >= 4 is 22.4 Å². The molecule has 0 aliphatic rings. The zero-order valence-electron chi connectivity index (χ0n) is 9.93. The molecule has 0 radical (unpaired) electrons. The maximum Gasteiger partial charge on any atom is 0.355 e. The van der Waals surface area contributed by atoms with Gasteiger partial charge in [-0.1, -0.05) is 20.3 Å². The number of thiazole rings is 1. The Morgan fingerprint density at radius 1 is 1.62 bits per heavy atom. The number of hydrogen-bond donors (Lipinski definition) is 1. The summed E-state index contributed by atoms with van der Waals surface area (Å²) in [5.74, 6) is -0.362. The molecule has 1 aromatic heterocycles. The Kier molecular flexibility index (Phi) is 4.73. The van der Waals surface area contributed by atoms with Gasteiger partial charge in [0, 0.05) is 18.5 Å². The first kappa shape index (κ1) is 13.0. The molecule has 0 saturated carbocycles. The Bertz CT molecular complexity index is 352. The summed E-state index contributed by atoms with van der Waals surface area (Å²) in [5, 5.41) is 11.2. The predicted molar refractivity (Wildman–Crippen MR) is 66.4 cm³/mol. The van der Waals surface area contributed by atoms with Gasteiger partial charge in [-0.2, -0.15) is 0 Å². The van der Waals surface area contributed by atoms with Crippen molar-refractivity contribution in [3.05, 3.63) is 11.1 Å². The number of aromatic nitrogens is 1. The molecule has 0 saturated heterocycles. The van der Waals surface area contributed by atoms with E-state index in [0.717, 1.165) is 24.6 Å². The summed E-state index contributed by atoms with van der Waals surface area (Å²) >= 11 is 1.40. The highest BCUT2D eigenvalue weighted by atomic mass is 32.1. The number of carboxylic acid groups (broad SMARTS) is 1. The zero-order valence-corrected chi connectivity index (χ0v) is 10.8. The molecule has 1 heterocycles. The molecule has 90 valence electrons. The number of hydrogen-bond acceptors (Lipinski definition) is 4. The van der Waals surface area contributed by atoms with Gasteiger partial charge in [0.1, 0.15) is 0 Å². The molecule has 0 aromatic carbocycles. The van der Waals surface area contributed by atoms with E-state index >= 15 is 0 Å². The normalized spacial score (nSPS) is 12.4. The lowest BCUT2D eigenvalue weighted by molar-refractivity contribution is 0.0691. The van der Waals surface area contributed by atoms with Gasteiger partial charge in [-0.3, -0.25) is 0 Å². The van der Waals surface area contributed by atoms with E-state index in [9.17, 15) is 4.79 Å². The first-order valence-corrected chi connectivity index (χ1v) is 6.40. The van der Waals surface area contributed by atoms with Crippen LogP contribution in [0.3, 0.4) is 0 Å². The molecular weight excluding hydrogens is 224 g/mol. The van der Waals surface area contributed by atoms with Crippen molar-refractivity contribution in [2.75, 3.05) is 18.0 Å². The van der Waals surface area contributed by atoms with Crippen LogP contribution >= 0.6 is 11.3 Å². The minimum atomic E-state index is -0.956. The van der Waals surface area contributed by atoms with Crippen LogP contribution in [0.15, 0.2) is 5.38 Å². The van der Waals surface area contributed by atoms with Crippen molar-refractivity contribution in [1.29, 1.82) is 0 Å². The van der Waals surface area contributed by atoms with Gasteiger partial charge in [0.25, 0.3) is 0 Å². The number of carboxylic acids is 1. The Morgan fingerprint density at radius 2 is 2.31 bits per heavy atom. The minimum absolute atomic E-state index is 0.141. The van der Waals surface area contributed by atoms with Crippen molar-refractivity contribution in [2.45, 2.75) is 27.2 Å². The van der Waals surface area contributed by atoms with E-state index in [1.54, 1.807) is 5.38 Å². The van der Waals surface area contributed by atoms with Gasteiger partial charge >= 0.3 is 5.97 Å². The van der Waals surface area contributed by atoms with Crippen LogP contribution < -0.4 is 4.90 Å². The fourth-order valence-electron chi connectivity index (χ4n) is 1.36. The van der Waals surface area contributed by atoms with Crippen molar-refractivity contribution in [3.63, 3.8) is 0 Å². The second-order valence-electron chi connectivity index (χ2n) is 3.87. The molecule has 16 heavy (non-hydrogen) atoms. The van der Waals surface area contributed by atoms with E-state index in [-0.39, 0.29) is 5.69 Å². The molecule has 5 heteroatoms.